The van der Waals surface area contributed by atoms with Gasteiger partial charge < -0.3 is 14.5 Å². The number of rotatable bonds is 7. The SMILES string of the molecule is CO[C@@]1(CN(C)C)CC[C@@]12CCN(c1cc(F)c(S(=O)(=O)Nc3cccc(F)n3)c(F)c1Cl)C2. The Morgan fingerprint density at radius 3 is 2.56 bits per heavy atom. The van der Waals surface area contributed by atoms with E-state index in [1.807, 2.05) is 18.8 Å². The quantitative estimate of drug-likeness (QED) is 0.443. The zero-order chi connectivity index (χ0) is 24.9. The number of nitrogens with zero attached hydrogens (tertiary/aromatic N) is 3. The van der Waals surface area contributed by atoms with Gasteiger partial charge in [-0.25, -0.2) is 22.2 Å². The highest BCUT2D eigenvalue weighted by Gasteiger charge is 2.62. The van der Waals surface area contributed by atoms with Crippen LogP contribution in [-0.2, 0) is 14.8 Å². The van der Waals surface area contributed by atoms with Crippen molar-refractivity contribution in [3.05, 3.63) is 46.9 Å². The third-order valence-corrected chi connectivity index (χ3v) is 8.70. The van der Waals surface area contributed by atoms with E-state index in [2.05, 4.69) is 9.88 Å². The summed E-state index contributed by atoms with van der Waals surface area (Å²) in [6.45, 7) is 1.68. The minimum absolute atomic E-state index is 0.0816. The van der Waals surface area contributed by atoms with Crippen molar-refractivity contribution in [2.75, 3.05) is 50.5 Å². The number of likely N-dealkylation sites (N-methyl/N-ethyl adjacent to an activating group) is 1. The minimum Gasteiger partial charge on any atom is -0.376 e. The Morgan fingerprint density at radius 1 is 1.24 bits per heavy atom. The lowest BCUT2D eigenvalue weighted by atomic mass is 9.55. The number of nitrogens with one attached hydrogen (secondary N) is 1. The van der Waals surface area contributed by atoms with E-state index < -0.39 is 43.3 Å². The Morgan fingerprint density at radius 2 is 1.97 bits per heavy atom. The molecule has 0 unspecified atom stereocenters. The van der Waals surface area contributed by atoms with Crippen LogP contribution in [0.3, 0.4) is 0 Å². The van der Waals surface area contributed by atoms with Crippen molar-refractivity contribution in [3.8, 4) is 0 Å². The first kappa shape index (κ1) is 25.0. The van der Waals surface area contributed by atoms with E-state index in [0.717, 1.165) is 37.5 Å². The Bertz CT molecular complexity index is 1210. The molecule has 2 fully saturated rings. The molecule has 0 radical (unpaired) electrons. The third-order valence-electron chi connectivity index (χ3n) is 6.95. The first-order chi connectivity index (χ1) is 15.9. The summed E-state index contributed by atoms with van der Waals surface area (Å²) in [7, 11) is 0.848. The van der Waals surface area contributed by atoms with Gasteiger partial charge in [-0.05, 0) is 45.5 Å². The predicted octanol–water partition coefficient (Wildman–Crippen LogP) is 3.89. The first-order valence-electron chi connectivity index (χ1n) is 10.7. The van der Waals surface area contributed by atoms with E-state index in [1.54, 1.807) is 12.0 Å². The van der Waals surface area contributed by atoms with Gasteiger partial charge in [-0.15, -0.1) is 0 Å². The molecule has 1 N–H and O–H groups in total. The lowest BCUT2D eigenvalue weighted by molar-refractivity contribution is -0.186. The van der Waals surface area contributed by atoms with Crippen molar-refractivity contribution in [1.29, 1.82) is 0 Å². The molecule has 1 aliphatic carbocycles. The Labute approximate surface area is 201 Å². The van der Waals surface area contributed by atoms with E-state index in [1.165, 1.54) is 6.07 Å². The lowest BCUT2D eigenvalue weighted by Gasteiger charge is -2.57. The topological polar surface area (TPSA) is 74.8 Å². The van der Waals surface area contributed by atoms with Gasteiger partial charge in [0.15, 0.2) is 10.7 Å². The molecule has 1 aromatic carbocycles. The van der Waals surface area contributed by atoms with Gasteiger partial charge in [0.25, 0.3) is 10.0 Å². The molecule has 2 aromatic rings. The van der Waals surface area contributed by atoms with Gasteiger partial charge >= 0.3 is 0 Å². The van der Waals surface area contributed by atoms with Crippen molar-refractivity contribution in [3.63, 3.8) is 0 Å². The summed E-state index contributed by atoms with van der Waals surface area (Å²) >= 11 is 6.24. The number of halogens is 4. The van der Waals surface area contributed by atoms with Crippen LogP contribution >= 0.6 is 11.6 Å². The molecule has 2 aliphatic rings. The molecule has 4 rings (SSSR count). The average molecular weight is 519 g/mol. The summed E-state index contributed by atoms with van der Waals surface area (Å²) in [6.07, 6.45) is 2.54. The summed E-state index contributed by atoms with van der Waals surface area (Å²) in [5.74, 6) is -4.08. The molecule has 7 nitrogen and oxygen atoms in total. The van der Waals surface area contributed by atoms with Crippen molar-refractivity contribution >= 4 is 33.1 Å². The number of hydrogen-bond acceptors (Lipinski definition) is 6. The van der Waals surface area contributed by atoms with E-state index in [0.29, 0.717) is 19.6 Å². The summed E-state index contributed by atoms with van der Waals surface area (Å²) in [6, 6.07) is 4.30. The maximum Gasteiger partial charge on any atom is 0.268 e. The fourth-order valence-electron chi connectivity index (χ4n) is 5.25. The van der Waals surface area contributed by atoms with E-state index >= 15 is 8.78 Å². The molecule has 2 atom stereocenters. The molecule has 186 valence electrons. The monoisotopic (exact) mass is 518 g/mol. The van der Waals surface area contributed by atoms with Crippen LogP contribution in [0.25, 0.3) is 0 Å². The third kappa shape index (κ3) is 4.12. The molecule has 1 saturated carbocycles. The highest BCUT2D eigenvalue weighted by atomic mass is 35.5. The highest BCUT2D eigenvalue weighted by molar-refractivity contribution is 7.92. The molecule has 0 amide bonds. The molecule has 1 aromatic heterocycles. The molecule has 0 bridgehead atoms. The Kier molecular flexibility index (Phi) is 6.52. The van der Waals surface area contributed by atoms with Crippen LogP contribution in [0.1, 0.15) is 19.3 Å². The Hall–Kier alpha value is -2.08. The normalized spacial score (nSPS) is 24.6. The van der Waals surface area contributed by atoms with Crippen LogP contribution in [0.4, 0.5) is 24.7 Å². The molecule has 2 heterocycles. The van der Waals surface area contributed by atoms with Crippen LogP contribution in [0.2, 0.25) is 5.02 Å². The molecule has 1 aliphatic heterocycles. The van der Waals surface area contributed by atoms with E-state index in [9.17, 15) is 12.8 Å². The molecular weight excluding hydrogens is 493 g/mol. The highest BCUT2D eigenvalue weighted by Crippen LogP contribution is 2.58. The Balaban J connectivity index is 1.64. The van der Waals surface area contributed by atoms with Crippen molar-refractivity contribution in [2.24, 2.45) is 5.41 Å². The fraction of sp³-hybridized carbons (Fsp3) is 0.500. The van der Waals surface area contributed by atoms with Crippen LogP contribution in [0.15, 0.2) is 29.2 Å². The standard InChI is InChI=1S/C22H26ClF3N4O3S/c1-29(2)13-22(33-3)8-7-21(22)9-10-30(12-21)15-11-14(24)20(19(26)18(15)23)34(31,32)28-17-6-4-5-16(25)27-17/h4-6,11H,7-10,12-13H2,1-3H3,(H,27,28)/t21-,22+/m0/s1. The lowest BCUT2D eigenvalue weighted by Crippen LogP contribution is -2.64. The van der Waals surface area contributed by atoms with Crippen LogP contribution in [0.5, 0.6) is 0 Å². The van der Waals surface area contributed by atoms with Gasteiger partial charge in [0.2, 0.25) is 5.95 Å². The van der Waals surface area contributed by atoms with Crippen LogP contribution in [-0.4, -0.2) is 64.7 Å². The second-order valence-electron chi connectivity index (χ2n) is 9.17. The zero-order valence-corrected chi connectivity index (χ0v) is 20.6. The van der Waals surface area contributed by atoms with Gasteiger partial charge in [-0.3, -0.25) is 4.72 Å². The van der Waals surface area contributed by atoms with E-state index in [4.69, 9.17) is 16.3 Å². The largest absolute Gasteiger partial charge is 0.376 e. The molecule has 1 spiro atoms. The van der Waals surface area contributed by atoms with E-state index in [-0.39, 0.29) is 16.7 Å². The van der Waals surface area contributed by atoms with Gasteiger partial charge in [-0.1, -0.05) is 17.7 Å². The summed E-state index contributed by atoms with van der Waals surface area (Å²) in [4.78, 5) is 5.94. The van der Waals surface area contributed by atoms with Crippen molar-refractivity contribution < 1.29 is 26.3 Å². The number of methoxy groups -OCH3 is 1. The number of benzene rings is 1. The van der Waals surface area contributed by atoms with Crippen molar-refractivity contribution in [1.82, 2.24) is 9.88 Å². The molecular formula is C22H26ClF3N4O3S. The molecule has 12 heteroatoms. The minimum atomic E-state index is -4.76. The molecule has 1 saturated heterocycles. The van der Waals surface area contributed by atoms with Crippen molar-refractivity contribution in [2.45, 2.75) is 29.8 Å². The van der Waals surface area contributed by atoms with Gasteiger partial charge in [0.1, 0.15) is 16.7 Å². The summed E-state index contributed by atoms with van der Waals surface area (Å²) in [5.41, 5.74) is -0.490. The second-order valence-corrected chi connectivity index (χ2v) is 11.2. The maximum atomic E-state index is 15.2. The summed E-state index contributed by atoms with van der Waals surface area (Å²) in [5, 5.41) is -0.499. The smallest absolute Gasteiger partial charge is 0.268 e. The number of hydrogen-bond donors (Lipinski definition) is 1. The van der Waals surface area contributed by atoms with Gasteiger partial charge in [-0.2, -0.15) is 4.39 Å². The predicted molar refractivity (Wildman–Crippen MR) is 123 cm³/mol. The summed E-state index contributed by atoms with van der Waals surface area (Å²) < 4.78 is 76.7. The fourth-order valence-corrected chi connectivity index (χ4v) is 6.72. The number of aromatic nitrogens is 1. The number of pyridine rings is 1. The number of sulfonamides is 1. The average Bonchev–Trinajstić information content (AvgIpc) is 3.21. The number of anilines is 2. The maximum absolute atomic E-state index is 15.2. The first-order valence-corrected chi connectivity index (χ1v) is 12.6. The zero-order valence-electron chi connectivity index (χ0n) is 19.0. The van der Waals surface area contributed by atoms with Crippen LogP contribution < -0.4 is 9.62 Å². The second kappa shape index (κ2) is 8.85. The van der Waals surface area contributed by atoms with Gasteiger partial charge in [0.05, 0.1) is 11.3 Å². The van der Waals surface area contributed by atoms with Crippen LogP contribution in [0, 0.1) is 23.0 Å². The molecule has 34 heavy (non-hydrogen) atoms. The van der Waals surface area contributed by atoms with Gasteiger partial charge in [0, 0.05) is 38.2 Å². The number of ether oxygens (including phenoxy) is 1.